The fraction of sp³-hybridized carbons (Fsp3) is 0.250. The van der Waals surface area contributed by atoms with Crippen molar-refractivity contribution in [2.75, 3.05) is 6.61 Å². The fourth-order valence-electron chi connectivity index (χ4n) is 3.05. The lowest BCUT2D eigenvalue weighted by Crippen LogP contribution is -2.16. The number of fused-ring (bicyclic) bond motifs is 1. The Bertz CT molecular complexity index is 863. The van der Waals surface area contributed by atoms with E-state index in [9.17, 15) is 4.79 Å². The number of esters is 1. The standard InChI is InChI=1S/C20H22N2O2/c1-3-24-20(23)19-17(12-21)16-6-4-5-7-18(16)22(19)13-15-10-8-14(2)9-11-15/h4-11H,3,12-13,21H2,1-2H3. The van der Waals surface area contributed by atoms with Crippen molar-refractivity contribution >= 4 is 16.9 Å². The molecule has 0 saturated carbocycles. The monoisotopic (exact) mass is 322 g/mol. The van der Waals surface area contributed by atoms with E-state index < -0.39 is 0 Å². The Morgan fingerprint density at radius 3 is 2.50 bits per heavy atom. The predicted octanol–water partition coefficient (Wildman–Crippen LogP) is 3.63. The Labute approximate surface area is 141 Å². The van der Waals surface area contributed by atoms with Crippen LogP contribution in [0.5, 0.6) is 0 Å². The Morgan fingerprint density at radius 1 is 1.12 bits per heavy atom. The Balaban J connectivity index is 2.18. The minimum Gasteiger partial charge on any atom is -0.461 e. The number of ether oxygens (including phenoxy) is 1. The molecule has 0 aliphatic rings. The zero-order valence-corrected chi connectivity index (χ0v) is 14.1. The van der Waals surface area contributed by atoms with Crippen LogP contribution in [0.3, 0.4) is 0 Å². The number of para-hydroxylation sites is 1. The molecule has 0 aliphatic heterocycles. The van der Waals surface area contributed by atoms with Gasteiger partial charge in [-0.2, -0.15) is 0 Å². The topological polar surface area (TPSA) is 57.2 Å². The SMILES string of the molecule is CCOC(=O)c1c(CN)c2ccccc2n1Cc1ccc(C)cc1. The molecule has 3 aromatic rings. The number of hydrogen-bond acceptors (Lipinski definition) is 3. The second-order valence-electron chi connectivity index (χ2n) is 5.84. The van der Waals surface area contributed by atoms with Crippen molar-refractivity contribution in [3.05, 3.63) is 70.9 Å². The van der Waals surface area contributed by atoms with Crippen LogP contribution in [0, 0.1) is 6.92 Å². The molecular weight excluding hydrogens is 300 g/mol. The van der Waals surface area contributed by atoms with Crippen LogP contribution in [0.25, 0.3) is 10.9 Å². The molecule has 4 nitrogen and oxygen atoms in total. The summed E-state index contributed by atoms with van der Waals surface area (Å²) in [5.41, 5.74) is 10.7. The molecule has 124 valence electrons. The van der Waals surface area contributed by atoms with Gasteiger partial charge in [-0.1, -0.05) is 48.0 Å². The highest BCUT2D eigenvalue weighted by atomic mass is 16.5. The summed E-state index contributed by atoms with van der Waals surface area (Å²) in [5, 5.41) is 1.01. The molecule has 0 fully saturated rings. The van der Waals surface area contributed by atoms with E-state index in [4.69, 9.17) is 10.5 Å². The maximum Gasteiger partial charge on any atom is 0.355 e. The average Bonchev–Trinajstić information content (AvgIpc) is 2.91. The first-order chi connectivity index (χ1) is 11.7. The number of carbonyl (C=O) groups excluding carboxylic acids is 1. The lowest BCUT2D eigenvalue weighted by Gasteiger charge is -2.11. The van der Waals surface area contributed by atoms with Gasteiger partial charge in [0.15, 0.2) is 0 Å². The predicted molar refractivity (Wildman–Crippen MR) is 96.1 cm³/mol. The van der Waals surface area contributed by atoms with E-state index in [1.165, 1.54) is 5.56 Å². The van der Waals surface area contributed by atoms with Gasteiger partial charge < -0.3 is 15.0 Å². The van der Waals surface area contributed by atoms with Crippen molar-refractivity contribution in [2.24, 2.45) is 5.73 Å². The van der Waals surface area contributed by atoms with Gasteiger partial charge in [0.1, 0.15) is 5.69 Å². The van der Waals surface area contributed by atoms with Crippen LogP contribution < -0.4 is 5.73 Å². The van der Waals surface area contributed by atoms with E-state index in [0.717, 1.165) is 22.0 Å². The van der Waals surface area contributed by atoms with E-state index in [0.29, 0.717) is 25.4 Å². The molecule has 1 aromatic heterocycles. The molecule has 0 aliphatic carbocycles. The lowest BCUT2D eigenvalue weighted by atomic mass is 10.1. The van der Waals surface area contributed by atoms with Crippen molar-refractivity contribution < 1.29 is 9.53 Å². The molecule has 0 saturated heterocycles. The summed E-state index contributed by atoms with van der Waals surface area (Å²) in [5.74, 6) is -0.318. The van der Waals surface area contributed by atoms with Crippen LogP contribution in [0.1, 0.15) is 34.1 Å². The number of rotatable bonds is 5. The summed E-state index contributed by atoms with van der Waals surface area (Å²) in [6, 6.07) is 16.3. The number of carbonyl (C=O) groups is 1. The third-order valence-electron chi connectivity index (χ3n) is 4.21. The molecule has 3 rings (SSSR count). The van der Waals surface area contributed by atoms with Crippen molar-refractivity contribution in [1.82, 2.24) is 4.57 Å². The smallest absolute Gasteiger partial charge is 0.355 e. The van der Waals surface area contributed by atoms with Crippen molar-refractivity contribution in [2.45, 2.75) is 26.9 Å². The first-order valence-electron chi connectivity index (χ1n) is 8.18. The normalized spacial score (nSPS) is 11.0. The summed E-state index contributed by atoms with van der Waals surface area (Å²) >= 11 is 0. The van der Waals surface area contributed by atoms with E-state index >= 15 is 0 Å². The first kappa shape index (κ1) is 16.3. The molecule has 0 amide bonds. The maximum absolute atomic E-state index is 12.6. The van der Waals surface area contributed by atoms with Gasteiger partial charge >= 0.3 is 5.97 Å². The number of aryl methyl sites for hydroxylation is 1. The molecule has 2 N–H and O–H groups in total. The van der Waals surface area contributed by atoms with Gasteiger partial charge in [-0.3, -0.25) is 0 Å². The Morgan fingerprint density at radius 2 is 1.83 bits per heavy atom. The molecule has 0 atom stereocenters. The summed E-state index contributed by atoms with van der Waals surface area (Å²) in [6.07, 6.45) is 0. The molecule has 24 heavy (non-hydrogen) atoms. The molecule has 0 unspecified atom stereocenters. The third-order valence-corrected chi connectivity index (χ3v) is 4.21. The second-order valence-corrected chi connectivity index (χ2v) is 5.84. The second kappa shape index (κ2) is 6.89. The van der Waals surface area contributed by atoms with E-state index in [1.54, 1.807) is 0 Å². The van der Waals surface area contributed by atoms with Gasteiger partial charge in [0, 0.05) is 29.6 Å². The molecular formula is C20H22N2O2. The van der Waals surface area contributed by atoms with E-state index in [2.05, 4.69) is 31.2 Å². The minimum atomic E-state index is -0.318. The minimum absolute atomic E-state index is 0.301. The number of nitrogens with two attached hydrogens (primary N) is 1. The Kier molecular flexibility index (Phi) is 4.67. The van der Waals surface area contributed by atoms with Gasteiger partial charge in [-0.25, -0.2) is 4.79 Å². The summed E-state index contributed by atoms with van der Waals surface area (Å²) in [7, 11) is 0. The third kappa shape index (κ3) is 2.93. The fourth-order valence-corrected chi connectivity index (χ4v) is 3.05. The lowest BCUT2D eigenvalue weighted by molar-refractivity contribution is 0.0513. The van der Waals surface area contributed by atoms with Gasteiger partial charge in [-0.05, 0) is 25.5 Å². The van der Waals surface area contributed by atoms with Crippen LogP contribution in [-0.2, 0) is 17.8 Å². The zero-order valence-electron chi connectivity index (χ0n) is 14.1. The van der Waals surface area contributed by atoms with Gasteiger partial charge in [0.05, 0.1) is 6.61 Å². The van der Waals surface area contributed by atoms with E-state index in [-0.39, 0.29) is 5.97 Å². The largest absolute Gasteiger partial charge is 0.461 e. The van der Waals surface area contributed by atoms with Crippen molar-refractivity contribution in [1.29, 1.82) is 0 Å². The molecule has 2 aromatic carbocycles. The quantitative estimate of drug-likeness (QED) is 0.730. The summed E-state index contributed by atoms with van der Waals surface area (Å²) < 4.78 is 7.30. The molecule has 0 bridgehead atoms. The zero-order chi connectivity index (χ0) is 17.1. The first-order valence-corrected chi connectivity index (χ1v) is 8.18. The van der Waals surface area contributed by atoms with Crippen LogP contribution >= 0.6 is 0 Å². The Hall–Kier alpha value is -2.59. The highest BCUT2D eigenvalue weighted by Crippen LogP contribution is 2.28. The van der Waals surface area contributed by atoms with Crippen molar-refractivity contribution in [3.8, 4) is 0 Å². The van der Waals surface area contributed by atoms with Crippen LogP contribution in [0.2, 0.25) is 0 Å². The summed E-state index contributed by atoms with van der Waals surface area (Å²) in [4.78, 5) is 12.6. The van der Waals surface area contributed by atoms with Gasteiger partial charge in [0.2, 0.25) is 0 Å². The van der Waals surface area contributed by atoms with Gasteiger partial charge in [-0.15, -0.1) is 0 Å². The number of hydrogen-bond donors (Lipinski definition) is 1. The average molecular weight is 322 g/mol. The molecule has 0 spiro atoms. The molecule has 4 heteroatoms. The van der Waals surface area contributed by atoms with Crippen molar-refractivity contribution in [3.63, 3.8) is 0 Å². The van der Waals surface area contributed by atoms with Crippen LogP contribution in [0.15, 0.2) is 48.5 Å². The summed E-state index contributed by atoms with van der Waals surface area (Å²) in [6.45, 7) is 5.12. The van der Waals surface area contributed by atoms with Crippen LogP contribution in [0.4, 0.5) is 0 Å². The number of benzene rings is 2. The van der Waals surface area contributed by atoms with E-state index in [1.807, 2.05) is 35.8 Å². The highest BCUT2D eigenvalue weighted by Gasteiger charge is 2.22. The molecule has 1 heterocycles. The number of nitrogens with zero attached hydrogens (tertiary/aromatic N) is 1. The van der Waals surface area contributed by atoms with Crippen LogP contribution in [-0.4, -0.2) is 17.1 Å². The highest BCUT2D eigenvalue weighted by molar-refractivity contribution is 5.99. The number of aromatic nitrogens is 1. The van der Waals surface area contributed by atoms with Gasteiger partial charge in [0.25, 0.3) is 0 Å². The molecule has 0 radical (unpaired) electrons. The maximum atomic E-state index is 12.6.